The number of hydrogen-bond acceptors (Lipinski definition) is 5. The summed E-state index contributed by atoms with van der Waals surface area (Å²) in [6, 6.07) is 18.4. The summed E-state index contributed by atoms with van der Waals surface area (Å²) in [7, 11) is -4.15. The van der Waals surface area contributed by atoms with Gasteiger partial charge in [-0.3, -0.25) is 9.10 Å². The van der Waals surface area contributed by atoms with Crippen molar-refractivity contribution in [1.29, 1.82) is 0 Å². The van der Waals surface area contributed by atoms with E-state index in [4.69, 9.17) is 28.3 Å². The minimum atomic E-state index is -4.15. The topological polar surface area (TPSA) is 107 Å². The van der Waals surface area contributed by atoms with Crippen LogP contribution in [0.1, 0.15) is 44.2 Å². The maximum absolute atomic E-state index is 13.9. The number of carboxylic acids is 1. The number of aryl methyl sites for hydroxylation is 2. The van der Waals surface area contributed by atoms with Crippen molar-refractivity contribution in [3.8, 4) is 11.1 Å². The van der Waals surface area contributed by atoms with Crippen molar-refractivity contribution < 1.29 is 23.4 Å². The van der Waals surface area contributed by atoms with Gasteiger partial charge in [0.1, 0.15) is 4.90 Å². The zero-order valence-electron chi connectivity index (χ0n) is 22.5. The third-order valence-corrected chi connectivity index (χ3v) is 9.62. The molecule has 10 heteroatoms. The minimum absolute atomic E-state index is 0.000248. The van der Waals surface area contributed by atoms with E-state index in [-0.39, 0.29) is 41.4 Å². The summed E-state index contributed by atoms with van der Waals surface area (Å²) in [6.45, 7) is 4.10. The van der Waals surface area contributed by atoms with Crippen molar-refractivity contribution in [2.45, 2.75) is 62.5 Å². The number of anilines is 1. The Morgan fingerprint density at radius 2 is 1.73 bits per heavy atom. The van der Waals surface area contributed by atoms with Crippen LogP contribution in [0, 0.1) is 0 Å². The Labute approximate surface area is 245 Å². The van der Waals surface area contributed by atoms with Crippen LogP contribution in [0.15, 0.2) is 65.6 Å². The third kappa shape index (κ3) is 7.17. The second-order valence-corrected chi connectivity index (χ2v) is 13.4. The van der Waals surface area contributed by atoms with Gasteiger partial charge in [-0.1, -0.05) is 65.7 Å². The molecule has 0 radical (unpaired) electrons. The molecule has 3 aromatic rings. The Bertz CT molecular complexity index is 1480. The van der Waals surface area contributed by atoms with Gasteiger partial charge in [-0.2, -0.15) is 0 Å². The number of fused-ring (bicyclic) bond motifs is 3. The van der Waals surface area contributed by atoms with Crippen molar-refractivity contribution in [2.24, 2.45) is 0 Å². The van der Waals surface area contributed by atoms with Gasteiger partial charge in [0.2, 0.25) is 0 Å². The first-order chi connectivity index (χ1) is 18.9. The Morgan fingerprint density at radius 3 is 2.42 bits per heavy atom. The number of nitrogens with zero attached hydrogens (tertiary/aromatic N) is 1. The average Bonchev–Trinajstić information content (AvgIpc) is 2.88. The first-order valence-corrected chi connectivity index (χ1v) is 15.4. The van der Waals surface area contributed by atoms with E-state index >= 15 is 0 Å². The third-order valence-electron chi connectivity index (χ3n) is 7.11. The van der Waals surface area contributed by atoms with E-state index in [1.165, 1.54) is 15.9 Å². The summed E-state index contributed by atoms with van der Waals surface area (Å²) in [6.07, 6.45) is 1.91. The molecular weight excluding hydrogens is 571 g/mol. The normalized spacial score (nSPS) is 14.9. The number of aliphatic hydroxyl groups excluding tert-OH is 1. The van der Waals surface area contributed by atoms with Gasteiger partial charge in [0.15, 0.2) is 0 Å². The van der Waals surface area contributed by atoms with Crippen molar-refractivity contribution in [1.82, 2.24) is 5.32 Å². The van der Waals surface area contributed by atoms with E-state index in [9.17, 15) is 18.3 Å². The maximum atomic E-state index is 13.9. The fourth-order valence-corrected chi connectivity index (χ4v) is 7.53. The van der Waals surface area contributed by atoms with E-state index in [0.29, 0.717) is 27.4 Å². The first-order valence-electron chi connectivity index (χ1n) is 13.2. The SMILES string of the molecule is CC(C)(CCCc1ccccc1)NC[C@@H](O)CN1c2cc(CCC(=O)O)ccc2-c2cc(Cl)cc(Cl)c2S1(=O)=O. The van der Waals surface area contributed by atoms with E-state index in [2.05, 4.69) is 31.3 Å². The summed E-state index contributed by atoms with van der Waals surface area (Å²) in [5, 5.41) is 23.8. The number of halogens is 2. The second-order valence-electron chi connectivity index (χ2n) is 10.8. The molecule has 1 aliphatic rings. The molecular formula is C30H34Cl2N2O5S. The van der Waals surface area contributed by atoms with Gasteiger partial charge in [0.05, 0.1) is 23.4 Å². The number of aliphatic carboxylic acids is 1. The van der Waals surface area contributed by atoms with Crippen LogP contribution < -0.4 is 9.62 Å². The van der Waals surface area contributed by atoms with Crippen LogP contribution in [0.2, 0.25) is 10.0 Å². The van der Waals surface area contributed by atoms with E-state index in [1.807, 2.05) is 18.2 Å². The lowest BCUT2D eigenvalue weighted by molar-refractivity contribution is -0.136. The zero-order chi connectivity index (χ0) is 29.1. The van der Waals surface area contributed by atoms with Crippen LogP contribution in [0.5, 0.6) is 0 Å². The van der Waals surface area contributed by atoms with Crippen LogP contribution in [0.3, 0.4) is 0 Å². The highest BCUT2D eigenvalue weighted by atomic mass is 35.5. The molecule has 1 atom stereocenters. The van der Waals surface area contributed by atoms with Crippen LogP contribution in [-0.4, -0.2) is 49.3 Å². The Balaban J connectivity index is 1.54. The molecule has 0 saturated carbocycles. The summed E-state index contributed by atoms with van der Waals surface area (Å²) in [4.78, 5) is 11.1. The number of carboxylic acid groups (broad SMARTS) is 1. The summed E-state index contributed by atoms with van der Waals surface area (Å²) < 4.78 is 28.9. The van der Waals surface area contributed by atoms with Gasteiger partial charge in [0.25, 0.3) is 10.0 Å². The number of carbonyl (C=O) groups is 1. The fraction of sp³-hybridized carbons (Fsp3) is 0.367. The quantitative estimate of drug-likeness (QED) is 0.236. The van der Waals surface area contributed by atoms with E-state index in [1.54, 1.807) is 24.3 Å². The van der Waals surface area contributed by atoms with Crippen molar-refractivity contribution in [3.63, 3.8) is 0 Å². The number of sulfonamides is 1. The highest BCUT2D eigenvalue weighted by Crippen LogP contribution is 2.47. The summed E-state index contributed by atoms with van der Waals surface area (Å²) in [5.41, 5.74) is 3.00. The summed E-state index contributed by atoms with van der Waals surface area (Å²) in [5.74, 6) is -0.945. The molecule has 214 valence electrons. The van der Waals surface area contributed by atoms with Gasteiger partial charge < -0.3 is 15.5 Å². The number of rotatable bonds is 12. The van der Waals surface area contributed by atoms with E-state index < -0.39 is 22.1 Å². The van der Waals surface area contributed by atoms with Crippen LogP contribution >= 0.6 is 23.2 Å². The minimum Gasteiger partial charge on any atom is -0.481 e. The number of nitrogens with one attached hydrogen (secondary N) is 1. The lowest BCUT2D eigenvalue weighted by atomic mass is 9.95. The number of hydrogen-bond donors (Lipinski definition) is 3. The van der Waals surface area contributed by atoms with Crippen molar-refractivity contribution in [2.75, 3.05) is 17.4 Å². The zero-order valence-corrected chi connectivity index (χ0v) is 24.9. The van der Waals surface area contributed by atoms with Crippen LogP contribution in [-0.2, 0) is 27.7 Å². The molecule has 4 rings (SSSR count). The lowest BCUT2D eigenvalue weighted by Crippen LogP contribution is -2.48. The predicted molar refractivity (Wildman–Crippen MR) is 160 cm³/mol. The molecule has 0 unspecified atom stereocenters. The molecule has 0 fully saturated rings. The van der Waals surface area contributed by atoms with E-state index in [0.717, 1.165) is 19.3 Å². The fourth-order valence-electron chi connectivity index (χ4n) is 4.99. The molecule has 0 spiro atoms. The smallest absolute Gasteiger partial charge is 0.303 e. The van der Waals surface area contributed by atoms with Gasteiger partial charge in [-0.15, -0.1) is 0 Å². The number of aliphatic hydroxyl groups is 1. The van der Waals surface area contributed by atoms with Gasteiger partial charge in [-0.05, 0) is 68.9 Å². The molecule has 0 amide bonds. The highest BCUT2D eigenvalue weighted by molar-refractivity contribution is 7.93. The summed E-state index contributed by atoms with van der Waals surface area (Å²) >= 11 is 12.6. The molecule has 3 N–H and O–H groups in total. The van der Waals surface area contributed by atoms with Crippen molar-refractivity contribution >= 4 is 44.9 Å². The molecule has 1 heterocycles. The predicted octanol–water partition coefficient (Wildman–Crippen LogP) is 5.94. The number of benzene rings is 3. The Kier molecular flexibility index (Phi) is 9.47. The van der Waals surface area contributed by atoms with Gasteiger partial charge in [0, 0.05) is 34.7 Å². The molecule has 0 bridgehead atoms. The molecule has 0 aromatic heterocycles. The first kappa shape index (κ1) is 30.3. The molecule has 7 nitrogen and oxygen atoms in total. The molecule has 1 aliphatic heterocycles. The molecule has 0 saturated heterocycles. The monoisotopic (exact) mass is 604 g/mol. The highest BCUT2D eigenvalue weighted by Gasteiger charge is 2.38. The van der Waals surface area contributed by atoms with Crippen LogP contribution in [0.25, 0.3) is 11.1 Å². The van der Waals surface area contributed by atoms with Gasteiger partial charge in [-0.25, -0.2) is 8.42 Å². The molecule has 3 aromatic carbocycles. The maximum Gasteiger partial charge on any atom is 0.303 e. The standard InChI is InChI=1S/C30H34Cl2N2O5S/c1-30(2,14-6-9-20-7-4-3-5-8-20)33-18-23(35)19-34-27-15-21(11-13-28(36)37)10-12-24(27)25-16-22(31)17-26(32)29(25)40(34,38)39/h3-5,7-8,10,12,15-17,23,33,35H,6,9,11,13-14,18-19H2,1-2H3,(H,36,37)/t23-/m1/s1. The van der Waals surface area contributed by atoms with Gasteiger partial charge >= 0.3 is 5.97 Å². The van der Waals surface area contributed by atoms with Crippen molar-refractivity contribution in [3.05, 3.63) is 81.8 Å². The lowest BCUT2D eigenvalue weighted by Gasteiger charge is -2.35. The average molecular weight is 606 g/mol. The number of β-amino-alcohol motifs (C(OH)–C–C–N with tert-alkyl or cyclic N) is 1. The Morgan fingerprint density at radius 1 is 1.00 bits per heavy atom. The molecule has 40 heavy (non-hydrogen) atoms. The second kappa shape index (κ2) is 12.5. The van der Waals surface area contributed by atoms with Crippen LogP contribution in [0.4, 0.5) is 5.69 Å². The largest absolute Gasteiger partial charge is 0.481 e. The Hall–Kier alpha value is -2.62. The molecule has 0 aliphatic carbocycles.